The van der Waals surface area contributed by atoms with Crippen LogP contribution in [-0.2, 0) is 12.8 Å². The highest BCUT2D eigenvalue weighted by atomic mass is 19.2. The van der Waals surface area contributed by atoms with E-state index in [9.17, 15) is 13.6 Å². The zero-order valence-electron chi connectivity index (χ0n) is 20.9. The molecule has 1 fully saturated rings. The van der Waals surface area contributed by atoms with Gasteiger partial charge in [-0.15, -0.1) is 0 Å². The lowest BCUT2D eigenvalue weighted by atomic mass is 9.78. The van der Waals surface area contributed by atoms with Gasteiger partial charge in [0.2, 0.25) is 0 Å². The van der Waals surface area contributed by atoms with Gasteiger partial charge in [-0.05, 0) is 66.8 Å². The van der Waals surface area contributed by atoms with Crippen molar-refractivity contribution in [1.29, 1.82) is 0 Å². The fourth-order valence-electron chi connectivity index (χ4n) is 5.07. The molecule has 0 unspecified atom stereocenters. The molecule has 0 radical (unpaired) electrons. The number of carbonyl (C=O) groups excluding carboxylic acids is 1. The van der Waals surface area contributed by atoms with Gasteiger partial charge in [0.15, 0.2) is 11.6 Å². The topological polar surface area (TPSA) is 26.3 Å². The molecule has 0 heterocycles. The van der Waals surface area contributed by atoms with Crippen molar-refractivity contribution in [2.75, 3.05) is 0 Å². The number of unbranched alkanes of at least 4 members (excludes halogenated alkanes) is 3. The number of hydrogen-bond donors (Lipinski definition) is 0. The number of halogens is 2. The van der Waals surface area contributed by atoms with Crippen LogP contribution in [0.15, 0.2) is 36.4 Å². The number of carbonyl (C=O) groups is 1. The molecule has 34 heavy (non-hydrogen) atoms. The highest BCUT2D eigenvalue weighted by Gasteiger charge is 2.23. The Morgan fingerprint density at radius 1 is 0.794 bits per heavy atom. The molecular formula is C30H40F2O2. The van der Waals surface area contributed by atoms with E-state index < -0.39 is 17.6 Å². The number of ether oxygens (including phenoxy) is 1. The second kappa shape index (κ2) is 13.6. The third-order valence-electron chi connectivity index (χ3n) is 7.34. The summed E-state index contributed by atoms with van der Waals surface area (Å²) in [6.07, 6.45) is 14.6. The first-order valence-corrected chi connectivity index (χ1v) is 13.3. The molecule has 0 bridgehead atoms. The number of esters is 1. The summed E-state index contributed by atoms with van der Waals surface area (Å²) in [4.78, 5) is 12.5. The number of rotatable bonds is 12. The van der Waals surface area contributed by atoms with Gasteiger partial charge in [0, 0.05) is 0 Å². The fraction of sp³-hybridized carbons (Fsp3) is 0.567. The van der Waals surface area contributed by atoms with Gasteiger partial charge in [-0.2, -0.15) is 0 Å². The predicted molar refractivity (Wildman–Crippen MR) is 134 cm³/mol. The van der Waals surface area contributed by atoms with E-state index in [0.717, 1.165) is 31.6 Å². The van der Waals surface area contributed by atoms with Crippen molar-refractivity contribution in [3.63, 3.8) is 0 Å². The minimum Gasteiger partial charge on any atom is -0.423 e. The first kappa shape index (κ1) is 26.4. The van der Waals surface area contributed by atoms with Gasteiger partial charge < -0.3 is 4.74 Å². The van der Waals surface area contributed by atoms with Crippen LogP contribution in [-0.4, -0.2) is 5.97 Å². The number of aryl methyl sites for hydroxylation is 2. The Labute approximate surface area is 204 Å². The predicted octanol–water partition coefficient (Wildman–Crippen LogP) is 8.85. The number of hydrogen-bond acceptors (Lipinski definition) is 2. The van der Waals surface area contributed by atoms with Crippen LogP contribution in [0, 0.1) is 23.5 Å². The lowest BCUT2D eigenvalue weighted by Crippen LogP contribution is -2.16. The molecule has 0 aromatic heterocycles. The third kappa shape index (κ3) is 7.65. The SMILES string of the molecule is CCCCCc1ccc(OC(=O)c2ccc(CCC3CCC(CCCC)CC3)c(F)c2F)cc1. The van der Waals surface area contributed by atoms with Gasteiger partial charge in [0.05, 0.1) is 5.56 Å². The zero-order chi connectivity index (χ0) is 24.3. The Morgan fingerprint density at radius 3 is 2.09 bits per heavy atom. The molecule has 4 heteroatoms. The van der Waals surface area contributed by atoms with Gasteiger partial charge in [0.25, 0.3) is 0 Å². The van der Waals surface area contributed by atoms with Crippen LogP contribution in [0.4, 0.5) is 8.78 Å². The van der Waals surface area contributed by atoms with Crippen LogP contribution in [0.5, 0.6) is 5.75 Å². The molecule has 1 aliphatic rings. The molecular weight excluding hydrogens is 430 g/mol. The Kier molecular flexibility index (Phi) is 10.6. The van der Waals surface area contributed by atoms with Crippen molar-refractivity contribution in [3.8, 4) is 5.75 Å². The average Bonchev–Trinajstić information content (AvgIpc) is 2.85. The van der Waals surface area contributed by atoms with Crippen molar-refractivity contribution in [3.05, 3.63) is 64.7 Å². The molecule has 3 rings (SSSR count). The summed E-state index contributed by atoms with van der Waals surface area (Å²) in [7, 11) is 0. The van der Waals surface area contributed by atoms with E-state index in [1.165, 1.54) is 63.0 Å². The summed E-state index contributed by atoms with van der Waals surface area (Å²) in [6.45, 7) is 4.40. The van der Waals surface area contributed by atoms with E-state index in [1.54, 1.807) is 18.2 Å². The lowest BCUT2D eigenvalue weighted by molar-refractivity contribution is 0.0728. The normalized spacial score (nSPS) is 18.1. The van der Waals surface area contributed by atoms with Gasteiger partial charge in [0.1, 0.15) is 5.75 Å². The molecule has 0 atom stereocenters. The van der Waals surface area contributed by atoms with Crippen LogP contribution < -0.4 is 4.74 Å². The van der Waals surface area contributed by atoms with Gasteiger partial charge >= 0.3 is 5.97 Å². The van der Waals surface area contributed by atoms with E-state index in [4.69, 9.17) is 4.74 Å². The fourth-order valence-corrected chi connectivity index (χ4v) is 5.07. The van der Waals surface area contributed by atoms with Crippen LogP contribution >= 0.6 is 0 Å². The Bertz CT molecular complexity index is 899. The monoisotopic (exact) mass is 470 g/mol. The number of benzene rings is 2. The average molecular weight is 471 g/mol. The second-order valence-electron chi connectivity index (χ2n) is 9.96. The summed E-state index contributed by atoms with van der Waals surface area (Å²) < 4.78 is 34.8. The minimum absolute atomic E-state index is 0.336. The second-order valence-corrected chi connectivity index (χ2v) is 9.96. The van der Waals surface area contributed by atoms with Crippen LogP contribution in [0.2, 0.25) is 0 Å². The van der Waals surface area contributed by atoms with Gasteiger partial charge in [-0.1, -0.05) is 89.8 Å². The van der Waals surface area contributed by atoms with Crippen LogP contribution in [0.3, 0.4) is 0 Å². The highest BCUT2D eigenvalue weighted by molar-refractivity contribution is 5.91. The Hall–Kier alpha value is -2.23. The maximum absolute atomic E-state index is 14.7. The van der Waals surface area contributed by atoms with E-state index in [-0.39, 0.29) is 5.56 Å². The van der Waals surface area contributed by atoms with Crippen LogP contribution in [0.25, 0.3) is 0 Å². The molecule has 0 amide bonds. The molecule has 0 aliphatic heterocycles. The van der Waals surface area contributed by atoms with Gasteiger partial charge in [-0.3, -0.25) is 0 Å². The summed E-state index contributed by atoms with van der Waals surface area (Å²) in [5.74, 6) is -1.14. The third-order valence-corrected chi connectivity index (χ3v) is 7.34. The summed E-state index contributed by atoms with van der Waals surface area (Å²) in [6, 6.07) is 10.1. The molecule has 2 aromatic carbocycles. The maximum atomic E-state index is 14.7. The molecule has 2 nitrogen and oxygen atoms in total. The van der Waals surface area contributed by atoms with E-state index >= 15 is 0 Å². The lowest BCUT2D eigenvalue weighted by Gasteiger charge is -2.28. The maximum Gasteiger partial charge on any atom is 0.346 e. The van der Waals surface area contributed by atoms with Crippen molar-refractivity contribution in [2.24, 2.45) is 11.8 Å². The first-order valence-electron chi connectivity index (χ1n) is 13.3. The molecule has 186 valence electrons. The Morgan fingerprint density at radius 2 is 1.44 bits per heavy atom. The van der Waals surface area contributed by atoms with Crippen molar-refractivity contribution in [1.82, 2.24) is 0 Å². The van der Waals surface area contributed by atoms with E-state index in [2.05, 4.69) is 13.8 Å². The standard InChI is InChI=1S/C30H40F2O2/c1-3-5-7-9-23-15-19-26(20-16-23)34-30(33)27-21-18-25(28(31)29(27)32)17-14-24-12-10-22(11-13-24)8-6-4-2/h15-16,18-22,24H,3-14,17H2,1-2H3. The Balaban J connectivity index is 1.52. The van der Waals surface area contributed by atoms with Crippen molar-refractivity contribution in [2.45, 2.75) is 97.3 Å². The van der Waals surface area contributed by atoms with Gasteiger partial charge in [-0.25, -0.2) is 13.6 Å². The summed E-state index contributed by atoms with van der Waals surface area (Å²) in [5.41, 5.74) is 1.16. The molecule has 0 saturated heterocycles. The molecule has 1 aliphatic carbocycles. The zero-order valence-corrected chi connectivity index (χ0v) is 20.9. The summed E-state index contributed by atoms with van der Waals surface area (Å²) in [5, 5.41) is 0. The van der Waals surface area contributed by atoms with Crippen LogP contribution in [0.1, 0.15) is 106 Å². The van der Waals surface area contributed by atoms with E-state index in [0.29, 0.717) is 23.7 Å². The largest absolute Gasteiger partial charge is 0.423 e. The quantitative estimate of drug-likeness (QED) is 0.176. The van der Waals surface area contributed by atoms with E-state index in [1.807, 2.05) is 12.1 Å². The first-order chi connectivity index (χ1) is 16.5. The molecule has 2 aromatic rings. The molecule has 0 N–H and O–H groups in total. The van der Waals surface area contributed by atoms with Crippen molar-refractivity contribution >= 4 is 5.97 Å². The smallest absolute Gasteiger partial charge is 0.346 e. The minimum atomic E-state index is -1.11. The molecule has 1 saturated carbocycles. The molecule has 0 spiro atoms. The van der Waals surface area contributed by atoms with Crippen molar-refractivity contribution < 1.29 is 18.3 Å². The summed E-state index contributed by atoms with van der Waals surface area (Å²) >= 11 is 0. The highest BCUT2D eigenvalue weighted by Crippen LogP contribution is 2.34.